The maximum Gasteiger partial charge on any atom is 0.335 e. The summed E-state index contributed by atoms with van der Waals surface area (Å²) in [6.07, 6.45) is 2.11. The van der Waals surface area contributed by atoms with Gasteiger partial charge < -0.3 is 14.9 Å². The lowest BCUT2D eigenvalue weighted by Gasteiger charge is -2.21. The molecule has 0 unspecified atom stereocenters. The zero-order valence-electron chi connectivity index (χ0n) is 19.6. The molecule has 35 heavy (non-hydrogen) atoms. The molecule has 0 aliphatic heterocycles. The number of pyridine rings is 1. The van der Waals surface area contributed by atoms with Gasteiger partial charge in [-0.25, -0.2) is 4.79 Å². The Labute approximate surface area is 203 Å². The summed E-state index contributed by atoms with van der Waals surface area (Å²) >= 11 is 0. The number of rotatable bonds is 7. The molecule has 0 spiro atoms. The Morgan fingerprint density at radius 3 is 2.06 bits per heavy atom. The van der Waals surface area contributed by atoms with E-state index in [1.54, 1.807) is 43.6 Å². The molecular weight excluding hydrogens is 440 g/mol. The Morgan fingerprint density at radius 1 is 0.886 bits per heavy atom. The summed E-state index contributed by atoms with van der Waals surface area (Å²) in [5.41, 5.74) is 6.50. The molecule has 1 aromatic heterocycles. The van der Waals surface area contributed by atoms with Crippen molar-refractivity contribution < 1.29 is 15.1 Å². The van der Waals surface area contributed by atoms with Crippen LogP contribution in [0.3, 0.4) is 0 Å². The third-order valence-electron chi connectivity index (χ3n) is 6.28. The van der Waals surface area contributed by atoms with Gasteiger partial charge in [-0.05, 0) is 52.9 Å². The van der Waals surface area contributed by atoms with Crippen LogP contribution in [0.2, 0.25) is 0 Å². The molecule has 2 N–H and O–H groups in total. The zero-order chi connectivity index (χ0) is 24.9. The van der Waals surface area contributed by atoms with Crippen LogP contribution in [0, 0.1) is 6.92 Å². The number of aryl methyl sites for hydroxylation is 2. The fourth-order valence-corrected chi connectivity index (χ4v) is 4.27. The third kappa shape index (κ3) is 5.22. The number of carbonyl (C=O) groups is 1. The number of hydrogen-bond donors (Lipinski definition) is 2. The molecule has 0 fully saturated rings. The Balaban J connectivity index is 1.70. The van der Waals surface area contributed by atoms with E-state index in [1.807, 2.05) is 36.4 Å². The topological polar surface area (TPSA) is 91.9 Å². The normalized spacial score (nSPS) is 12.3. The van der Waals surface area contributed by atoms with Gasteiger partial charge in [0.05, 0.1) is 11.3 Å². The second-order valence-corrected chi connectivity index (χ2v) is 8.53. The molecule has 3 aromatic carbocycles. The number of carboxylic acids is 1. The summed E-state index contributed by atoms with van der Waals surface area (Å²) in [6, 6.07) is 26.2. The number of nitrogens with zero attached hydrogens (tertiary/aromatic N) is 2. The van der Waals surface area contributed by atoms with Crippen molar-refractivity contribution in [2.45, 2.75) is 19.3 Å². The smallest absolute Gasteiger partial charge is 0.335 e. The lowest BCUT2D eigenvalue weighted by Crippen LogP contribution is -2.18. The van der Waals surface area contributed by atoms with Gasteiger partial charge in [0, 0.05) is 37.2 Å². The van der Waals surface area contributed by atoms with Gasteiger partial charge in [0.2, 0.25) is 5.56 Å². The van der Waals surface area contributed by atoms with Crippen LogP contribution >= 0.6 is 0 Å². The van der Waals surface area contributed by atoms with Crippen LogP contribution in [0.1, 0.15) is 45.0 Å². The van der Waals surface area contributed by atoms with Crippen LogP contribution in [0.25, 0.3) is 11.1 Å². The molecule has 0 saturated carbocycles. The largest absolute Gasteiger partial charge is 0.478 e. The van der Waals surface area contributed by atoms with E-state index >= 15 is 0 Å². The predicted molar refractivity (Wildman–Crippen MR) is 136 cm³/mol. The highest BCUT2D eigenvalue weighted by molar-refractivity contribution is 6.00. The van der Waals surface area contributed by atoms with E-state index in [-0.39, 0.29) is 17.0 Å². The Bertz CT molecular complexity index is 1440. The van der Waals surface area contributed by atoms with Crippen LogP contribution in [-0.4, -0.2) is 26.6 Å². The molecule has 0 aliphatic carbocycles. The van der Waals surface area contributed by atoms with E-state index in [0.717, 1.165) is 27.8 Å². The molecule has 6 nitrogen and oxygen atoms in total. The van der Waals surface area contributed by atoms with Crippen LogP contribution < -0.4 is 5.56 Å². The fraction of sp³-hybridized carbons (Fsp3) is 0.138. The molecule has 0 radical (unpaired) electrons. The average molecular weight is 467 g/mol. The Morgan fingerprint density at radius 2 is 1.49 bits per heavy atom. The second-order valence-electron chi connectivity index (χ2n) is 8.53. The minimum absolute atomic E-state index is 0.0808. The molecule has 1 heterocycles. The van der Waals surface area contributed by atoms with E-state index in [1.165, 1.54) is 10.6 Å². The molecule has 0 saturated heterocycles. The number of oxime groups is 1. The van der Waals surface area contributed by atoms with Gasteiger partial charge in [0.25, 0.3) is 0 Å². The second kappa shape index (κ2) is 10.2. The number of aromatic carboxylic acids is 1. The maximum absolute atomic E-state index is 11.8. The van der Waals surface area contributed by atoms with Crippen molar-refractivity contribution in [1.82, 2.24) is 4.57 Å². The van der Waals surface area contributed by atoms with Crippen molar-refractivity contribution in [1.29, 1.82) is 0 Å². The molecule has 4 rings (SSSR count). The first-order chi connectivity index (χ1) is 16.9. The molecule has 0 bridgehead atoms. The van der Waals surface area contributed by atoms with Crippen molar-refractivity contribution in [3.8, 4) is 11.1 Å². The Kier molecular flexibility index (Phi) is 6.92. The summed E-state index contributed by atoms with van der Waals surface area (Å²) < 4.78 is 1.47. The van der Waals surface area contributed by atoms with Gasteiger partial charge in [0.15, 0.2) is 0 Å². The summed E-state index contributed by atoms with van der Waals surface area (Å²) in [4.78, 5) is 23.0. The van der Waals surface area contributed by atoms with E-state index in [4.69, 9.17) is 5.11 Å². The summed E-state index contributed by atoms with van der Waals surface area (Å²) in [5, 5.41) is 22.6. The molecular formula is C29H26N2O4. The molecule has 176 valence electrons. The fourth-order valence-electron chi connectivity index (χ4n) is 4.27. The molecule has 0 aliphatic rings. The van der Waals surface area contributed by atoms with Crippen molar-refractivity contribution in [2.24, 2.45) is 12.2 Å². The minimum atomic E-state index is -0.951. The van der Waals surface area contributed by atoms with E-state index in [2.05, 4.69) is 24.2 Å². The van der Waals surface area contributed by atoms with E-state index in [0.29, 0.717) is 17.7 Å². The molecule has 0 amide bonds. The first kappa shape index (κ1) is 23.7. The molecule has 4 aromatic rings. The van der Waals surface area contributed by atoms with Gasteiger partial charge in [0.1, 0.15) is 0 Å². The maximum atomic E-state index is 11.8. The minimum Gasteiger partial charge on any atom is -0.478 e. The van der Waals surface area contributed by atoms with Gasteiger partial charge >= 0.3 is 5.97 Å². The van der Waals surface area contributed by atoms with E-state index in [9.17, 15) is 14.8 Å². The van der Waals surface area contributed by atoms with Crippen LogP contribution in [0.4, 0.5) is 0 Å². The van der Waals surface area contributed by atoms with Gasteiger partial charge in [-0.2, -0.15) is 0 Å². The molecule has 6 heteroatoms. The van der Waals surface area contributed by atoms with Crippen molar-refractivity contribution in [2.75, 3.05) is 0 Å². The highest BCUT2D eigenvalue weighted by Crippen LogP contribution is 2.33. The first-order valence-corrected chi connectivity index (χ1v) is 11.2. The summed E-state index contributed by atoms with van der Waals surface area (Å²) in [5.74, 6) is -1.03. The highest BCUT2D eigenvalue weighted by atomic mass is 16.4. The SMILES string of the molecule is Cc1ccccc1[C@H](C/C(=N\O)c1ccc(=O)n(C)c1)c1ccc(-c2ccc(C(=O)O)cc2)cc1. The van der Waals surface area contributed by atoms with Crippen molar-refractivity contribution >= 4 is 11.7 Å². The van der Waals surface area contributed by atoms with Gasteiger partial charge in [-0.1, -0.05) is 65.8 Å². The number of hydrogen-bond acceptors (Lipinski definition) is 4. The average Bonchev–Trinajstić information content (AvgIpc) is 2.87. The van der Waals surface area contributed by atoms with Crippen molar-refractivity contribution in [3.05, 3.63) is 129 Å². The van der Waals surface area contributed by atoms with Gasteiger partial charge in [-0.3, -0.25) is 4.79 Å². The lowest BCUT2D eigenvalue weighted by atomic mass is 9.83. The van der Waals surface area contributed by atoms with Crippen LogP contribution in [0.5, 0.6) is 0 Å². The standard InChI is InChI=1S/C29H26N2O4/c1-19-5-3-4-6-25(19)26(17-27(30-35)24-15-16-28(32)31(2)18-24)22-11-7-20(8-12-22)21-9-13-23(14-10-21)29(33)34/h3-16,18,26,35H,17H2,1-2H3,(H,33,34)/b30-27+/t26-/m1/s1. The lowest BCUT2D eigenvalue weighted by molar-refractivity contribution is 0.0697. The van der Waals surface area contributed by atoms with Gasteiger partial charge in [-0.15, -0.1) is 0 Å². The number of benzene rings is 3. The predicted octanol–water partition coefficient (Wildman–Crippen LogP) is 5.46. The summed E-state index contributed by atoms with van der Waals surface area (Å²) in [7, 11) is 1.67. The third-order valence-corrected chi connectivity index (χ3v) is 6.28. The van der Waals surface area contributed by atoms with Crippen LogP contribution in [-0.2, 0) is 7.05 Å². The zero-order valence-corrected chi connectivity index (χ0v) is 19.6. The monoisotopic (exact) mass is 466 g/mol. The number of aromatic nitrogens is 1. The quantitative estimate of drug-likeness (QED) is 0.215. The molecule has 1 atom stereocenters. The highest BCUT2D eigenvalue weighted by Gasteiger charge is 2.21. The van der Waals surface area contributed by atoms with Crippen molar-refractivity contribution in [3.63, 3.8) is 0 Å². The van der Waals surface area contributed by atoms with E-state index < -0.39 is 5.97 Å². The first-order valence-electron chi connectivity index (χ1n) is 11.2. The summed E-state index contributed by atoms with van der Waals surface area (Å²) in [6.45, 7) is 2.06. The van der Waals surface area contributed by atoms with Crippen LogP contribution in [0.15, 0.2) is 101 Å². The Hall–Kier alpha value is -4.45. The number of carboxylic acid groups (broad SMARTS) is 1.